The van der Waals surface area contributed by atoms with Gasteiger partial charge in [0.05, 0.1) is 21.0 Å². The van der Waals surface area contributed by atoms with Crippen molar-refractivity contribution in [2.75, 3.05) is 7.05 Å². The molecule has 0 radical (unpaired) electrons. The molecule has 1 N–H and O–H groups in total. The zero-order chi connectivity index (χ0) is 10.8. The Balaban J connectivity index is 2.39. The van der Waals surface area contributed by atoms with Crippen molar-refractivity contribution in [3.8, 4) is 0 Å². The second kappa shape index (κ2) is 4.58. The van der Waals surface area contributed by atoms with E-state index < -0.39 is 0 Å². The molecule has 0 amide bonds. The maximum absolute atomic E-state index is 6.09. The molecule has 0 aliphatic rings. The summed E-state index contributed by atoms with van der Waals surface area (Å²) in [5.74, 6) is 0.828. The van der Waals surface area contributed by atoms with Crippen LogP contribution in [0.4, 0.5) is 0 Å². The highest BCUT2D eigenvalue weighted by molar-refractivity contribution is 7.20. The van der Waals surface area contributed by atoms with Gasteiger partial charge < -0.3 is 9.73 Å². The van der Waals surface area contributed by atoms with Gasteiger partial charge >= 0.3 is 0 Å². The fraction of sp³-hybridized carbons (Fsp3) is 0.200. The standard InChI is InChI=1S/C10H9Cl2NOS/c1-13-9(7-3-2-4-14-7)6-5-8(11)15-10(6)12/h2-5,9,13H,1H3. The average Bonchev–Trinajstić information content (AvgIpc) is 2.79. The van der Waals surface area contributed by atoms with E-state index in [1.807, 2.05) is 25.2 Å². The van der Waals surface area contributed by atoms with Crippen LogP contribution in [-0.4, -0.2) is 7.05 Å². The first-order valence-electron chi connectivity index (χ1n) is 4.37. The van der Waals surface area contributed by atoms with Gasteiger partial charge in [0, 0.05) is 5.56 Å². The van der Waals surface area contributed by atoms with Crippen molar-refractivity contribution in [3.63, 3.8) is 0 Å². The van der Waals surface area contributed by atoms with E-state index in [-0.39, 0.29) is 6.04 Å². The molecule has 2 nitrogen and oxygen atoms in total. The molecule has 0 aromatic carbocycles. The van der Waals surface area contributed by atoms with Gasteiger partial charge in [-0.3, -0.25) is 0 Å². The van der Waals surface area contributed by atoms with Gasteiger partial charge in [-0.25, -0.2) is 0 Å². The van der Waals surface area contributed by atoms with E-state index >= 15 is 0 Å². The predicted molar refractivity (Wildman–Crippen MR) is 63.9 cm³/mol. The van der Waals surface area contributed by atoms with Gasteiger partial charge in [-0.05, 0) is 25.2 Å². The minimum absolute atomic E-state index is 0.0451. The average molecular weight is 262 g/mol. The van der Waals surface area contributed by atoms with Gasteiger partial charge in [0.15, 0.2) is 0 Å². The molecule has 2 rings (SSSR count). The van der Waals surface area contributed by atoms with Crippen LogP contribution in [0, 0.1) is 0 Å². The van der Waals surface area contributed by atoms with E-state index in [0.29, 0.717) is 8.67 Å². The molecule has 0 spiro atoms. The van der Waals surface area contributed by atoms with Crippen molar-refractivity contribution in [2.45, 2.75) is 6.04 Å². The molecule has 0 fully saturated rings. The topological polar surface area (TPSA) is 25.2 Å². The first-order valence-corrected chi connectivity index (χ1v) is 5.95. The minimum Gasteiger partial charge on any atom is -0.467 e. The number of furan rings is 1. The quantitative estimate of drug-likeness (QED) is 0.905. The van der Waals surface area contributed by atoms with Crippen LogP contribution in [0.3, 0.4) is 0 Å². The molecule has 2 heterocycles. The summed E-state index contributed by atoms with van der Waals surface area (Å²) in [4.78, 5) is 0. The molecular weight excluding hydrogens is 253 g/mol. The van der Waals surface area contributed by atoms with Crippen LogP contribution in [0.15, 0.2) is 28.9 Å². The normalized spacial score (nSPS) is 13.0. The maximum Gasteiger partial charge on any atom is 0.125 e. The molecule has 0 saturated carbocycles. The van der Waals surface area contributed by atoms with Crippen molar-refractivity contribution in [3.05, 3.63) is 44.5 Å². The lowest BCUT2D eigenvalue weighted by Gasteiger charge is -2.12. The highest BCUT2D eigenvalue weighted by Crippen LogP contribution is 2.37. The summed E-state index contributed by atoms with van der Waals surface area (Å²) in [6, 6.07) is 5.57. The first kappa shape index (κ1) is 11.0. The fourth-order valence-corrected chi connectivity index (χ4v) is 2.99. The van der Waals surface area contributed by atoms with E-state index in [4.69, 9.17) is 27.6 Å². The van der Waals surface area contributed by atoms with Crippen molar-refractivity contribution in [1.29, 1.82) is 0 Å². The van der Waals surface area contributed by atoms with Crippen LogP contribution in [0.5, 0.6) is 0 Å². The highest BCUT2D eigenvalue weighted by atomic mass is 35.5. The molecule has 80 valence electrons. The van der Waals surface area contributed by atoms with Crippen LogP contribution in [0.2, 0.25) is 8.67 Å². The molecule has 0 bridgehead atoms. The number of halogens is 2. The SMILES string of the molecule is CNC(c1ccco1)c1cc(Cl)sc1Cl. The number of hydrogen-bond acceptors (Lipinski definition) is 3. The van der Waals surface area contributed by atoms with Crippen molar-refractivity contribution < 1.29 is 4.42 Å². The number of nitrogens with one attached hydrogen (secondary N) is 1. The molecule has 0 aliphatic heterocycles. The Kier molecular flexibility index (Phi) is 3.36. The zero-order valence-electron chi connectivity index (χ0n) is 7.96. The Morgan fingerprint density at radius 3 is 2.73 bits per heavy atom. The second-order valence-electron chi connectivity index (χ2n) is 3.02. The lowest BCUT2D eigenvalue weighted by molar-refractivity contribution is 0.464. The largest absolute Gasteiger partial charge is 0.467 e. The molecule has 2 aromatic rings. The minimum atomic E-state index is -0.0451. The maximum atomic E-state index is 6.09. The van der Waals surface area contributed by atoms with Crippen molar-refractivity contribution in [2.24, 2.45) is 0 Å². The van der Waals surface area contributed by atoms with E-state index in [1.165, 1.54) is 11.3 Å². The number of hydrogen-bond donors (Lipinski definition) is 1. The van der Waals surface area contributed by atoms with Gasteiger partial charge in [0.1, 0.15) is 5.76 Å². The van der Waals surface area contributed by atoms with Crippen LogP contribution in [0.1, 0.15) is 17.4 Å². The fourth-order valence-electron chi connectivity index (χ4n) is 1.46. The second-order valence-corrected chi connectivity index (χ2v) is 5.30. The van der Waals surface area contributed by atoms with Crippen LogP contribution in [0.25, 0.3) is 0 Å². The van der Waals surface area contributed by atoms with Crippen molar-refractivity contribution in [1.82, 2.24) is 5.32 Å². The van der Waals surface area contributed by atoms with E-state index in [2.05, 4.69) is 5.32 Å². The van der Waals surface area contributed by atoms with Crippen LogP contribution < -0.4 is 5.32 Å². The van der Waals surface area contributed by atoms with E-state index in [1.54, 1.807) is 6.26 Å². The third-order valence-corrected chi connectivity index (χ3v) is 3.63. The summed E-state index contributed by atoms with van der Waals surface area (Å²) in [6.45, 7) is 0. The lowest BCUT2D eigenvalue weighted by atomic mass is 10.1. The third-order valence-electron chi connectivity index (χ3n) is 2.11. The number of rotatable bonds is 3. The highest BCUT2D eigenvalue weighted by Gasteiger charge is 2.19. The first-order chi connectivity index (χ1) is 7.22. The molecule has 2 aromatic heterocycles. The van der Waals surface area contributed by atoms with Gasteiger partial charge in [-0.15, -0.1) is 11.3 Å². The Morgan fingerprint density at radius 2 is 2.27 bits per heavy atom. The Labute approximate surface area is 102 Å². The Hall–Kier alpha value is -0.480. The molecule has 0 saturated heterocycles. The van der Waals surface area contributed by atoms with E-state index in [0.717, 1.165) is 11.3 Å². The molecule has 15 heavy (non-hydrogen) atoms. The molecule has 1 atom stereocenters. The van der Waals surface area contributed by atoms with Gasteiger partial charge in [0.2, 0.25) is 0 Å². The number of thiophene rings is 1. The van der Waals surface area contributed by atoms with Gasteiger partial charge in [0.25, 0.3) is 0 Å². The Morgan fingerprint density at radius 1 is 1.47 bits per heavy atom. The monoisotopic (exact) mass is 261 g/mol. The summed E-state index contributed by atoms with van der Waals surface area (Å²) < 4.78 is 6.72. The lowest BCUT2D eigenvalue weighted by Crippen LogP contribution is -2.16. The summed E-state index contributed by atoms with van der Waals surface area (Å²) >= 11 is 13.4. The van der Waals surface area contributed by atoms with Gasteiger partial charge in [-0.1, -0.05) is 23.2 Å². The Bertz CT molecular complexity index is 438. The van der Waals surface area contributed by atoms with Crippen molar-refractivity contribution >= 4 is 34.5 Å². The predicted octanol–water partition coefficient (Wildman–Crippen LogP) is 3.96. The summed E-state index contributed by atoms with van der Waals surface area (Å²) in [7, 11) is 1.86. The summed E-state index contributed by atoms with van der Waals surface area (Å²) in [5, 5.41) is 3.14. The summed E-state index contributed by atoms with van der Waals surface area (Å²) in [6.07, 6.45) is 1.64. The van der Waals surface area contributed by atoms with Crippen LogP contribution in [-0.2, 0) is 0 Å². The molecule has 0 aliphatic carbocycles. The summed E-state index contributed by atoms with van der Waals surface area (Å²) in [5.41, 5.74) is 0.948. The third kappa shape index (κ3) is 2.21. The van der Waals surface area contributed by atoms with Crippen LogP contribution >= 0.6 is 34.5 Å². The zero-order valence-corrected chi connectivity index (χ0v) is 10.3. The molecular formula is C10H9Cl2NOS. The molecule has 5 heteroatoms. The van der Waals surface area contributed by atoms with E-state index in [9.17, 15) is 0 Å². The smallest absolute Gasteiger partial charge is 0.125 e. The molecule has 1 unspecified atom stereocenters. The van der Waals surface area contributed by atoms with Gasteiger partial charge in [-0.2, -0.15) is 0 Å².